The highest BCUT2D eigenvalue weighted by Gasteiger charge is 2.23. The van der Waals surface area contributed by atoms with Gasteiger partial charge in [-0.3, -0.25) is 4.79 Å². The van der Waals surface area contributed by atoms with E-state index >= 15 is 0 Å². The van der Waals surface area contributed by atoms with Crippen LogP contribution in [0.3, 0.4) is 0 Å². The van der Waals surface area contributed by atoms with Crippen molar-refractivity contribution in [3.8, 4) is 11.5 Å². The van der Waals surface area contributed by atoms with Crippen LogP contribution in [0.1, 0.15) is 17.3 Å². The summed E-state index contributed by atoms with van der Waals surface area (Å²) in [7, 11) is 3.63. The molecule has 1 aromatic rings. The number of hydrogen-bond donors (Lipinski definition) is 4. The third-order valence-corrected chi connectivity index (χ3v) is 2.55. The molecule has 0 spiro atoms. The number of aromatic hydroxyl groups is 2. The molecule has 6 heteroatoms. The van der Waals surface area contributed by atoms with E-state index in [-0.39, 0.29) is 17.9 Å². The lowest BCUT2D eigenvalue weighted by atomic mass is 10.1. The predicted molar refractivity (Wildman–Crippen MR) is 71.3 cm³/mol. The number of likely N-dealkylation sites (N-methyl/N-ethyl adjacent to an activating group) is 1. The Balaban J connectivity index is 2.68. The summed E-state index contributed by atoms with van der Waals surface area (Å²) in [6.45, 7) is 2.04. The molecule has 19 heavy (non-hydrogen) atoms. The number of benzene rings is 1. The number of phenols is 2. The number of phenolic OH excluding ortho intramolecular Hbond substituents is 2. The van der Waals surface area contributed by atoms with Gasteiger partial charge in [0.25, 0.3) is 5.91 Å². The first-order chi connectivity index (χ1) is 8.73. The molecule has 106 valence electrons. The fourth-order valence-corrected chi connectivity index (χ4v) is 1.82. The minimum absolute atomic E-state index is 0.0272. The summed E-state index contributed by atoms with van der Waals surface area (Å²) in [5, 5.41) is 31.4. The maximum atomic E-state index is 11.8. The van der Waals surface area contributed by atoms with Gasteiger partial charge < -0.3 is 25.5 Å². The zero-order valence-corrected chi connectivity index (χ0v) is 11.3. The Morgan fingerprint density at radius 3 is 2.58 bits per heavy atom. The van der Waals surface area contributed by atoms with Crippen LogP contribution in [0.15, 0.2) is 18.2 Å². The number of nitrogens with one attached hydrogen (secondary N) is 1. The predicted octanol–water partition coefficient (Wildman–Crippen LogP) is 0.140. The van der Waals surface area contributed by atoms with Crippen LogP contribution in [0.4, 0.5) is 0 Å². The average Bonchev–Trinajstić information content (AvgIpc) is 2.28. The van der Waals surface area contributed by atoms with Crippen molar-refractivity contribution in [2.45, 2.75) is 12.5 Å². The molecule has 0 saturated heterocycles. The Morgan fingerprint density at radius 1 is 1.37 bits per heavy atom. The first-order valence-electron chi connectivity index (χ1n) is 5.89. The lowest BCUT2D eigenvalue weighted by Crippen LogP contribution is -2.47. The molecule has 0 saturated carbocycles. The monoisotopic (exact) mass is 268 g/mol. The number of carbonyl (C=O) groups excluding carboxylic acids is 1. The van der Waals surface area contributed by atoms with Gasteiger partial charge in [-0.15, -0.1) is 0 Å². The molecule has 0 radical (unpaired) electrons. The number of carbonyl (C=O) groups is 1. The molecule has 1 rings (SSSR count). The van der Waals surface area contributed by atoms with Crippen molar-refractivity contribution in [3.05, 3.63) is 23.8 Å². The van der Waals surface area contributed by atoms with Crippen molar-refractivity contribution in [2.75, 3.05) is 27.2 Å². The topological polar surface area (TPSA) is 93.0 Å². The first kappa shape index (κ1) is 15.3. The highest BCUT2D eigenvalue weighted by atomic mass is 16.3. The first-order valence-corrected chi connectivity index (χ1v) is 5.89. The number of nitrogens with zero attached hydrogens (tertiary/aromatic N) is 1. The lowest BCUT2D eigenvalue weighted by Gasteiger charge is -2.27. The highest BCUT2D eigenvalue weighted by Crippen LogP contribution is 2.27. The molecule has 0 aliphatic carbocycles. The summed E-state index contributed by atoms with van der Waals surface area (Å²) in [6, 6.07) is 4.14. The summed E-state index contributed by atoms with van der Waals surface area (Å²) in [6.07, 6.45) is 0. The van der Waals surface area contributed by atoms with Gasteiger partial charge in [0.2, 0.25) is 0 Å². The van der Waals surface area contributed by atoms with Gasteiger partial charge in [-0.1, -0.05) is 6.07 Å². The van der Waals surface area contributed by atoms with E-state index < -0.39 is 17.3 Å². The van der Waals surface area contributed by atoms with Crippen molar-refractivity contribution in [2.24, 2.45) is 0 Å². The number of aliphatic hydroxyl groups is 1. The molecule has 0 aliphatic rings. The summed E-state index contributed by atoms with van der Waals surface area (Å²) >= 11 is 0. The van der Waals surface area contributed by atoms with E-state index in [4.69, 9.17) is 0 Å². The average molecular weight is 268 g/mol. The molecule has 1 unspecified atom stereocenters. The van der Waals surface area contributed by atoms with Gasteiger partial charge in [-0.2, -0.15) is 0 Å². The van der Waals surface area contributed by atoms with Crippen LogP contribution in [0.5, 0.6) is 11.5 Å². The van der Waals surface area contributed by atoms with Crippen molar-refractivity contribution in [1.82, 2.24) is 10.2 Å². The molecule has 6 nitrogen and oxygen atoms in total. The molecule has 0 aromatic heterocycles. The maximum absolute atomic E-state index is 11.8. The molecule has 0 bridgehead atoms. The third-order valence-electron chi connectivity index (χ3n) is 2.55. The zero-order chi connectivity index (χ0) is 14.6. The van der Waals surface area contributed by atoms with Gasteiger partial charge in [0, 0.05) is 13.1 Å². The largest absolute Gasteiger partial charge is 0.504 e. The number of para-hydroxylation sites is 1. The summed E-state index contributed by atoms with van der Waals surface area (Å²) in [4.78, 5) is 13.6. The van der Waals surface area contributed by atoms with Crippen molar-refractivity contribution in [3.63, 3.8) is 0 Å². The van der Waals surface area contributed by atoms with Crippen LogP contribution in [-0.4, -0.2) is 58.9 Å². The summed E-state index contributed by atoms with van der Waals surface area (Å²) in [5.74, 6) is -1.37. The van der Waals surface area contributed by atoms with E-state index in [2.05, 4.69) is 5.32 Å². The smallest absolute Gasteiger partial charge is 0.255 e. The molecule has 0 fully saturated rings. The molecule has 1 aromatic carbocycles. The van der Waals surface area contributed by atoms with Crippen LogP contribution >= 0.6 is 0 Å². The van der Waals surface area contributed by atoms with E-state index in [1.54, 1.807) is 11.8 Å². The SMILES string of the molecule is CN(C)CC(C)(O)CNC(=O)c1cccc(O)c1O. The van der Waals surface area contributed by atoms with Crippen LogP contribution in [0, 0.1) is 0 Å². The molecule has 0 aliphatic heterocycles. The maximum Gasteiger partial charge on any atom is 0.255 e. The van der Waals surface area contributed by atoms with E-state index in [0.717, 1.165) is 0 Å². The molecular formula is C13H20N2O4. The Labute approximate surface area is 112 Å². The second kappa shape index (κ2) is 5.90. The number of amides is 1. The summed E-state index contributed by atoms with van der Waals surface area (Å²) in [5.41, 5.74) is -1.10. The quantitative estimate of drug-likeness (QED) is 0.570. The molecule has 1 atom stereocenters. The van der Waals surface area contributed by atoms with Crippen molar-refractivity contribution in [1.29, 1.82) is 0 Å². The van der Waals surface area contributed by atoms with Gasteiger partial charge in [0.1, 0.15) is 0 Å². The second-order valence-electron chi connectivity index (χ2n) is 5.09. The van der Waals surface area contributed by atoms with E-state index in [0.29, 0.717) is 6.54 Å². The van der Waals surface area contributed by atoms with E-state index in [1.807, 2.05) is 14.1 Å². The highest BCUT2D eigenvalue weighted by molar-refractivity contribution is 5.97. The molecule has 1 amide bonds. The minimum Gasteiger partial charge on any atom is -0.504 e. The Morgan fingerprint density at radius 2 is 2.00 bits per heavy atom. The standard InChI is InChI=1S/C13H20N2O4/c1-13(19,8-15(2)3)7-14-12(18)9-5-4-6-10(16)11(9)17/h4-6,16-17,19H,7-8H2,1-3H3,(H,14,18). The van der Waals surface area contributed by atoms with Gasteiger partial charge in [0.05, 0.1) is 11.2 Å². The normalized spacial score (nSPS) is 14.2. The van der Waals surface area contributed by atoms with Gasteiger partial charge in [0.15, 0.2) is 11.5 Å². The van der Waals surface area contributed by atoms with Gasteiger partial charge in [-0.25, -0.2) is 0 Å². The van der Waals surface area contributed by atoms with Gasteiger partial charge >= 0.3 is 0 Å². The molecule has 4 N–H and O–H groups in total. The number of rotatable bonds is 5. The Bertz CT molecular complexity index is 458. The molecular weight excluding hydrogens is 248 g/mol. The van der Waals surface area contributed by atoms with Gasteiger partial charge in [-0.05, 0) is 33.2 Å². The summed E-state index contributed by atoms with van der Waals surface area (Å²) < 4.78 is 0. The van der Waals surface area contributed by atoms with Crippen LogP contribution in [0.25, 0.3) is 0 Å². The second-order valence-corrected chi connectivity index (χ2v) is 5.09. The Kier molecular flexibility index (Phi) is 4.74. The lowest BCUT2D eigenvalue weighted by molar-refractivity contribution is 0.0325. The fraction of sp³-hybridized carbons (Fsp3) is 0.462. The fourth-order valence-electron chi connectivity index (χ4n) is 1.82. The Hall–Kier alpha value is -1.79. The van der Waals surface area contributed by atoms with Crippen LogP contribution < -0.4 is 5.32 Å². The van der Waals surface area contributed by atoms with E-state index in [9.17, 15) is 20.1 Å². The zero-order valence-electron chi connectivity index (χ0n) is 11.3. The van der Waals surface area contributed by atoms with Crippen molar-refractivity contribution >= 4 is 5.91 Å². The van der Waals surface area contributed by atoms with Crippen LogP contribution in [0.2, 0.25) is 0 Å². The van der Waals surface area contributed by atoms with E-state index in [1.165, 1.54) is 18.2 Å². The van der Waals surface area contributed by atoms with Crippen molar-refractivity contribution < 1.29 is 20.1 Å². The molecule has 0 heterocycles. The van der Waals surface area contributed by atoms with Crippen LogP contribution in [-0.2, 0) is 0 Å². The minimum atomic E-state index is -1.08. The third kappa shape index (κ3) is 4.42. The number of hydrogen-bond acceptors (Lipinski definition) is 5.